The highest BCUT2D eigenvalue weighted by Crippen LogP contribution is 2.01. The van der Waals surface area contributed by atoms with E-state index in [9.17, 15) is 9.59 Å². The molecule has 0 saturated carbocycles. The number of nitrogens with zero attached hydrogens (tertiary/aromatic N) is 2. The molecule has 0 aromatic carbocycles. The largest absolute Gasteiger partial charge is 0.480 e. The van der Waals surface area contributed by atoms with E-state index in [1.54, 1.807) is 0 Å². The van der Waals surface area contributed by atoms with Gasteiger partial charge in [-0.2, -0.15) is 0 Å². The minimum absolute atomic E-state index is 0.0816. The molecule has 6 nitrogen and oxygen atoms in total. The van der Waals surface area contributed by atoms with Crippen molar-refractivity contribution in [3.63, 3.8) is 0 Å². The van der Waals surface area contributed by atoms with Gasteiger partial charge in [-0.15, -0.1) is 6.58 Å². The predicted octanol–water partition coefficient (Wildman–Crippen LogP) is 0.387. The molecule has 0 aliphatic heterocycles. The first-order chi connectivity index (χ1) is 7.15. The molecule has 0 fully saturated rings. The Morgan fingerprint density at radius 3 is 2.87 bits per heavy atom. The average molecular weight is 210 g/mol. The van der Waals surface area contributed by atoms with Crippen LogP contribution in [0.15, 0.2) is 29.5 Å². The summed E-state index contributed by atoms with van der Waals surface area (Å²) in [4.78, 5) is 23.2. The fraction of sp³-hybridized carbons (Fsp3) is 0.222. The Balaban J connectivity index is 2.75. The third-order valence-corrected chi connectivity index (χ3v) is 1.62. The highest BCUT2D eigenvalue weighted by Gasteiger charge is 2.19. The van der Waals surface area contributed by atoms with Gasteiger partial charge in [-0.25, -0.2) is 0 Å². The summed E-state index contributed by atoms with van der Waals surface area (Å²) in [6.07, 6.45) is 2.70. The lowest BCUT2D eigenvalue weighted by Crippen LogP contribution is -2.35. The maximum atomic E-state index is 11.6. The van der Waals surface area contributed by atoms with Gasteiger partial charge in [0.05, 0.1) is 0 Å². The summed E-state index contributed by atoms with van der Waals surface area (Å²) in [5, 5.41) is 12.0. The second-order valence-corrected chi connectivity index (χ2v) is 2.75. The van der Waals surface area contributed by atoms with Crippen LogP contribution in [-0.4, -0.2) is 40.1 Å². The molecule has 1 N–H and O–H groups in total. The monoisotopic (exact) mass is 210 g/mol. The number of carboxylic acids is 1. The molecule has 1 aromatic heterocycles. The second-order valence-electron chi connectivity index (χ2n) is 2.75. The van der Waals surface area contributed by atoms with Crippen molar-refractivity contribution in [3.8, 4) is 0 Å². The van der Waals surface area contributed by atoms with Gasteiger partial charge in [0.15, 0.2) is 5.69 Å². The van der Waals surface area contributed by atoms with E-state index in [0.717, 1.165) is 4.90 Å². The van der Waals surface area contributed by atoms with E-state index in [-0.39, 0.29) is 12.2 Å². The lowest BCUT2D eigenvalue weighted by atomic mass is 10.3. The van der Waals surface area contributed by atoms with Crippen LogP contribution in [0.3, 0.4) is 0 Å². The quantitative estimate of drug-likeness (QED) is 0.710. The van der Waals surface area contributed by atoms with Crippen LogP contribution in [0.25, 0.3) is 0 Å². The first-order valence-corrected chi connectivity index (χ1v) is 4.17. The smallest absolute Gasteiger partial charge is 0.323 e. The summed E-state index contributed by atoms with van der Waals surface area (Å²) in [5.41, 5.74) is 0.0816. The van der Waals surface area contributed by atoms with E-state index in [4.69, 9.17) is 5.11 Å². The minimum atomic E-state index is -1.09. The van der Waals surface area contributed by atoms with Gasteiger partial charge in [0.2, 0.25) is 0 Å². The summed E-state index contributed by atoms with van der Waals surface area (Å²) in [6, 6.07) is 1.38. The highest BCUT2D eigenvalue weighted by molar-refractivity contribution is 5.94. The van der Waals surface area contributed by atoms with Gasteiger partial charge in [-0.05, 0) is 0 Å². The van der Waals surface area contributed by atoms with Crippen LogP contribution in [0, 0.1) is 0 Å². The molecule has 0 aliphatic rings. The number of hydrogen-bond donors (Lipinski definition) is 1. The van der Waals surface area contributed by atoms with E-state index < -0.39 is 18.4 Å². The normalized spacial score (nSPS) is 9.60. The fourth-order valence-corrected chi connectivity index (χ4v) is 1.02. The lowest BCUT2D eigenvalue weighted by Gasteiger charge is -2.16. The van der Waals surface area contributed by atoms with Crippen molar-refractivity contribution in [2.45, 2.75) is 0 Å². The second kappa shape index (κ2) is 4.94. The molecule has 6 heteroatoms. The Bertz CT molecular complexity index is 358. The third kappa shape index (κ3) is 2.94. The van der Waals surface area contributed by atoms with E-state index in [1.807, 2.05) is 0 Å². The highest BCUT2D eigenvalue weighted by atomic mass is 16.5. The molecule has 0 bridgehead atoms. The molecule has 0 radical (unpaired) electrons. The van der Waals surface area contributed by atoms with E-state index in [2.05, 4.69) is 16.3 Å². The van der Waals surface area contributed by atoms with Crippen LogP contribution in [0.1, 0.15) is 10.5 Å². The molecular weight excluding hydrogens is 200 g/mol. The zero-order valence-electron chi connectivity index (χ0n) is 7.92. The molecule has 1 amide bonds. The molecule has 80 valence electrons. The summed E-state index contributed by atoms with van der Waals surface area (Å²) in [5.74, 6) is -1.58. The van der Waals surface area contributed by atoms with Crippen LogP contribution in [0.4, 0.5) is 0 Å². The number of carboxylic acid groups (broad SMARTS) is 1. The Kier molecular flexibility index (Phi) is 3.61. The van der Waals surface area contributed by atoms with Gasteiger partial charge in [0, 0.05) is 12.6 Å². The van der Waals surface area contributed by atoms with E-state index in [1.165, 1.54) is 18.4 Å². The number of aromatic nitrogens is 1. The van der Waals surface area contributed by atoms with Crippen LogP contribution >= 0.6 is 0 Å². The maximum absolute atomic E-state index is 11.6. The van der Waals surface area contributed by atoms with Crippen LogP contribution in [0.2, 0.25) is 0 Å². The summed E-state index contributed by atoms with van der Waals surface area (Å²) in [6.45, 7) is 3.20. The molecule has 1 heterocycles. The molecule has 1 rings (SSSR count). The molecule has 15 heavy (non-hydrogen) atoms. The van der Waals surface area contributed by atoms with E-state index in [0.29, 0.717) is 0 Å². The Labute approximate surface area is 85.8 Å². The molecule has 0 unspecified atom stereocenters. The minimum Gasteiger partial charge on any atom is -0.480 e. The van der Waals surface area contributed by atoms with Crippen molar-refractivity contribution >= 4 is 11.9 Å². The SMILES string of the molecule is C=CCN(CC(=O)O)C(=O)c1ccon1. The Morgan fingerprint density at radius 2 is 2.40 bits per heavy atom. The third-order valence-electron chi connectivity index (χ3n) is 1.62. The first-order valence-electron chi connectivity index (χ1n) is 4.17. The van der Waals surface area contributed by atoms with Crippen LogP contribution < -0.4 is 0 Å². The number of carbonyl (C=O) groups excluding carboxylic acids is 1. The molecule has 0 saturated heterocycles. The van der Waals surface area contributed by atoms with Crippen LogP contribution in [0.5, 0.6) is 0 Å². The summed E-state index contributed by atoms with van der Waals surface area (Å²) < 4.78 is 4.50. The maximum Gasteiger partial charge on any atom is 0.323 e. The van der Waals surface area contributed by atoms with Crippen molar-refractivity contribution in [2.75, 3.05) is 13.1 Å². The topological polar surface area (TPSA) is 83.6 Å². The molecule has 0 atom stereocenters. The Hall–Kier alpha value is -2.11. The molecular formula is C9H10N2O4. The zero-order chi connectivity index (χ0) is 11.3. The van der Waals surface area contributed by atoms with Crippen LogP contribution in [-0.2, 0) is 4.79 Å². The number of hydrogen-bond acceptors (Lipinski definition) is 4. The van der Waals surface area contributed by atoms with Gasteiger partial charge >= 0.3 is 5.97 Å². The molecule has 0 spiro atoms. The summed E-state index contributed by atoms with van der Waals surface area (Å²) in [7, 11) is 0. The Morgan fingerprint density at radius 1 is 1.67 bits per heavy atom. The van der Waals surface area contributed by atoms with Gasteiger partial charge in [0.25, 0.3) is 5.91 Å². The average Bonchev–Trinajstić information content (AvgIpc) is 2.68. The van der Waals surface area contributed by atoms with Gasteiger partial charge in [-0.3, -0.25) is 9.59 Å². The van der Waals surface area contributed by atoms with Gasteiger partial charge in [-0.1, -0.05) is 11.2 Å². The van der Waals surface area contributed by atoms with E-state index >= 15 is 0 Å². The number of carbonyl (C=O) groups is 2. The number of aliphatic carboxylic acids is 1. The zero-order valence-corrected chi connectivity index (χ0v) is 7.92. The van der Waals surface area contributed by atoms with Gasteiger partial charge in [0.1, 0.15) is 12.8 Å². The summed E-state index contributed by atoms with van der Waals surface area (Å²) >= 11 is 0. The van der Waals surface area contributed by atoms with Crippen molar-refractivity contribution in [1.29, 1.82) is 0 Å². The lowest BCUT2D eigenvalue weighted by molar-refractivity contribution is -0.137. The fourth-order valence-electron chi connectivity index (χ4n) is 1.02. The predicted molar refractivity (Wildman–Crippen MR) is 50.2 cm³/mol. The first kappa shape index (κ1) is 11.0. The number of amides is 1. The van der Waals surface area contributed by atoms with Crippen molar-refractivity contribution in [2.24, 2.45) is 0 Å². The van der Waals surface area contributed by atoms with Crippen molar-refractivity contribution in [1.82, 2.24) is 10.1 Å². The van der Waals surface area contributed by atoms with Crippen molar-refractivity contribution < 1.29 is 19.2 Å². The molecule has 1 aromatic rings. The van der Waals surface area contributed by atoms with Gasteiger partial charge < -0.3 is 14.5 Å². The van der Waals surface area contributed by atoms with Crippen molar-refractivity contribution in [3.05, 3.63) is 30.7 Å². The molecule has 0 aliphatic carbocycles. The standard InChI is InChI=1S/C9H10N2O4/c1-2-4-11(6-8(12)13)9(14)7-3-5-15-10-7/h2-3,5H,1,4,6H2,(H,12,13). The number of rotatable bonds is 5.